The van der Waals surface area contributed by atoms with Gasteiger partial charge in [0.25, 0.3) is 0 Å². The van der Waals surface area contributed by atoms with Gasteiger partial charge in [-0.05, 0) is 36.9 Å². The lowest BCUT2D eigenvalue weighted by molar-refractivity contribution is 0.224. The van der Waals surface area contributed by atoms with Crippen LogP contribution in [-0.2, 0) is 0 Å². The summed E-state index contributed by atoms with van der Waals surface area (Å²) in [5.41, 5.74) is 0.913. The van der Waals surface area contributed by atoms with Crippen molar-refractivity contribution < 1.29 is 4.39 Å². The minimum absolute atomic E-state index is 0.0245. The molecule has 3 heteroatoms. The zero-order chi connectivity index (χ0) is 13.9. The SMILES string of the molecule is CNC(CC(C)C(C)(C)C)c1ccc(Cl)cc1F. The van der Waals surface area contributed by atoms with Crippen LogP contribution in [0, 0.1) is 17.2 Å². The van der Waals surface area contributed by atoms with Gasteiger partial charge >= 0.3 is 0 Å². The molecule has 0 bridgehead atoms. The highest BCUT2D eigenvalue weighted by Crippen LogP contribution is 2.34. The lowest BCUT2D eigenvalue weighted by atomic mass is 9.77. The molecule has 0 fully saturated rings. The zero-order valence-electron chi connectivity index (χ0n) is 11.8. The predicted octanol–water partition coefficient (Wildman–Crippen LogP) is 4.81. The molecule has 0 aliphatic heterocycles. The minimum Gasteiger partial charge on any atom is -0.313 e. The summed E-state index contributed by atoms with van der Waals surface area (Å²) in [5.74, 6) is 0.257. The third-order valence-electron chi connectivity index (χ3n) is 3.75. The summed E-state index contributed by atoms with van der Waals surface area (Å²) in [4.78, 5) is 0. The van der Waals surface area contributed by atoms with Gasteiger partial charge in [-0.3, -0.25) is 0 Å². The normalized spacial score (nSPS) is 15.5. The zero-order valence-corrected chi connectivity index (χ0v) is 12.6. The molecule has 1 rings (SSSR count). The topological polar surface area (TPSA) is 12.0 Å². The predicted molar refractivity (Wildman–Crippen MR) is 76.4 cm³/mol. The van der Waals surface area contributed by atoms with Crippen molar-refractivity contribution in [2.45, 2.75) is 40.2 Å². The van der Waals surface area contributed by atoms with Crippen molar-refractivity contribution in [3.8, 4) is 0 Å². The maximum absolute atomic E-state index is 13.9. The monoisotopic (exact) mass is 271 g/mol. The summed E-state index contributed by atoms with van der Waals surface area (Å²) in [7, 11) is 1.87. The number of benzene rings is 1. The summed E-state index contributed by atoms with van der Waals surface area (Å²) >= 11 is 5.78. The third kappa shape index (κ3) is 3.96. The van der Waals surface area contributed by atoms with E-state index in [0.29, 0.717) is 16.5 Å². The van der Waals surface area contributed by atoms with E-state index in [2.05, 4.69) is 33.0 Å². The Hall–Kier alpha value is -0.600. The van der Waals surface area contributed by atoms with Crippen LogP contribution in [0.1, 0.15) is 45.7 Å². The lowest BCUT2D eigenvalue weighted by Crippen LogP contribution is -2.26. The van der Waals surface area contributed by atoms with E-state index < -0.39 is 0 Å². The Bertz CT molecular complexity index is 398. The molecular weight excluding hydrogens is 249 g/mol. The van der Waals surface area contributed by atoms with Crippen molar-refractivity contribution in [3.05, 3.63) is 34.6 Å². The Morgan fingerprint density at radius 3 is 2.39 bits per heavy atom. The standard InChI is InChI=1S/C15H23ClFN/c1-10(15(2,3)4)8-14(18-5)12-7-6-11(16)9-13(12)17/h6-7,9-10,14,18H,8H2,1-5H3. The van der Waals surface area contributed by atoms with E-state index in [1.807, 2.05) is 7.05 Å². The van der Waals surface area contributed by atoms with Crippen molar-refractivity contribution >= 4 is 11.6 Å². The first kappa shape index (κ1) is 15.5. The van der Waals surface area contributed by atoms with Crippen LogP contribution in [0.2, 0.25) is 5.02 Å². The molecule has 102 valence electrons. The molecule has 0 heterocycles. The van der Waals surface area contributed by atoms with Gasteiger partial charge in [0.15, 0.2) is 0 Å². The highest BCUT2D eigenvalue weighted by molar-refractivity contribution is 6.30. The van der Waals surface area contributed by atoms with Crippen LogP contribution in [0.4, 0.5) is 4.39 Å². The molecule has 0 aliphatic carbocycles. The molecule has 1 aromatic rings. The first-order valence-corrected chi connectivity index (χ1v) is 6.75. The van der Waals surface area contributed by atoms with Gasteiger partial charge in [0.05, 0.1) is 0 Å². The van der Waals surface area contributed by atoms with Crippen LogP contribution in [0.15, 0.2) is 18.2 Å². The van der Waals surface area contributed by atoms with E-state index in [9.17, 15) is 4.39 Å². The van der Waals surface area contributed by atoms with Crippen LogP contribution in [0.25, 0.3) is 0 Å². The molecule has 0 saturated carbocycles. The first-order valence-electron chi connectivity index (χ1n) is 6.38. The molecule has 18 heavy (non-hydrogen) atoms. The van der Waals surface area contributed by atoms with Gasteiger partial charge < -0.3 is 5.32 Å². The summed E-state index contributed by atoms with van der Waals surface area (Å²) < 4.78 is 13.9. The molecule has 0 aliphatic rings. The molecule has 1 N–H and O–H groups in total. The van der Waals surface area contributed by atoms with Crippen molar-refractivity contribution in [1.82, 2.24) is 5.32 Å². The Balaban J connectivity index is 2.90. The van der Waals surface area contributed by atoms with Gasteiger partial charge in [0, 0.05) is 16.6 Å². The molecule has 0 amide bonds. The molecule has 0 saturated heterocycles. The van der Waals surface area contributed by atoms with E-state index in [1.165, 1.54) is 6.07 Å². The second-order valence-corrected chi connectivity index (χ2v) is 6.45. The van der Waals surface area contributed by atoms with Crippen LogP contribution >= 0.6 is 11.6 Å². The van der Waals surface area contributed by atoms with Crippen molar-refractivity contribution in [2.75, 3.05) is 7.05 Å². The fourth-order valence-corrected chi connectivity index (χ4v) is 2.05. The van der Waals surface area contributed by atoms with Crippen LogP contribution < -0.4 is 5.32 Å². The molecular formula is C15H23ClFN. The molecule has 1 aromatic carbocycles. The number of hydrogen-bond donors (Lipinski definition) is 1. The number of nitrogens with one attached hydrogen (secondary N) is 1. The molecule has 2 unspecified atom stereocenters. The smallest absolute Gasteiger partial charge is 0.129 e. The molecule has 1 nitrogen and oxygen atoms in total. The largest absolute Gasteiger partial charge is 0.313 e. The maximum Gasteiger partial charge on any atom is 0.129 e. The number of halogens is 2. The molecule has 0 aromatic heterocycles. The van der Waals surface area contributed by atoms with E-state index in [-0.39, 0.29) is 17.3 Å². The lowest BCUT2D eigenvalue weighted by Gasteiger charge is -2.31. The molecule has 0 spiro atoms. The third-order valence-corrected chi connectivity index (χ3v) is 3.99. The Morgan fingerprint density at radius 2 is 1.94 bits per heavy atom. The fourth-order valence-electron chi connectivity index (χ4n) is 1.89. The number of hydrogen-bond acceptors (Lipinski definition) is 1. The highest BCUT2D eigenvalue weighted by Gasteiger charge is 2.25. The van der Waals surface area contributed by atoms with E-state index in [0.717, 1.165) is 6.42 Å². The average molecular weight is 272 g/mol. The highest BCUT2D eigenvalue weighted by atomic mass is 35.5. The van der Waals surface area contributed by atoms with E-state index in [1.54, 1.807) is 12.1 Å². The van der Waals surface area contributed by atoms with Gasteiger partial charge in [-0.1, -0.05) is 45.4 Å². The van der Waals surface area contributed by atoms with Crippen molar-refractivity contribution in [1.29, 1.82) is 0 Å². The Morgan fingerprint density at radius 1 is 1.33 bits per heavy atom. The number of rotatable bonds is 4. The summed E-state index contributed by atoms with van der Waals surface area (Å²) in [5, 5.41) is 3.64. The van der Waals surface area contributed by atoms with Crippen LogP contribution in [-0.4, -0.2) is 7.05 Å². The second kappa shape index (κ2) is 6.03. The van der Waals surface area contributed by atoms with Crippen molar-refractivity contribution in [3.63, 3.8) is 0 Å². The minimum atomic E-state index is -0.233. The van der Waals surface area contributed by atoms with Gasteiger partial charge in [0.1, 0.15) is 5.82 Å². The van der Waals surface area contributed by atoms with E-state index >= 15 is 0 Å². The summed E-state index contributed by atoms with van der Waals surface area (Å²) in [6, 6.07) is 4.92. The van der Waals surface area contributed by atoms with Crippen LogP contribution in [0.5, 0.6) is 0 Å². The van der Waals surface area contributed by atoms with Gasteiger partial charge in [0.2, 0.25) is 0 Å². The van der Waals surface area contributed by atoms with Gasteiger partial charge in [-0.2, -0.15) is 0 Å². The Kier molecular flexibility index (Phi) is 5.18. The van der Waals surface area contributed by atoms with E-state index in [4.69, 9.17) is 11.6 Å². The summed E-state index contributed by atoms with van der Waals surface area (Å²) in [6.07, 6.45) is 0.901. The Labute approximate surface area is 115 Å². The maximum atomic E-state index is 13.9. The van der Waals surface area contributed by atoms with Crippen molar-refractivity contribution in [2.24, 2.45) is 11.3 Å². The fraction of sp³-hybridized carbons (Fsp3) is 0.600. The second-order valence-electron chi connectivity index (χ2n) is 6.01. The summed E-state index contributed by atoms with van der Waals surface area (Å²) in [6.45, 7) is 8.84. The van der Waals surface area contributed by atoms with Gasteiger partial charge in [-0.15, -0.1) is 0 Å². The van der Waals surface area contributed by atoms with Crippen LogP contribution in [0.3, 0.4) is 0 Å². The quantitative estimate of drug-likeness (QED) is 0.828. The molecule has 2 atom stereocenters. The average Bonchev–Trinajstić information content (AvgIpc) is 2.25. The van der Waals surface area contributed by atoms with Gasteiger partial charge in [-0.25, -0.2) is 4.39 Å². The first-order chi connectivity index (χ1) is 8.25. The molecule has 0 radical (unpaired) electrons.